The van der Waals surface area contributed by atoms with Crippen molar-refractivity contribution in [3.05, 3.63) is 36.8 Å². The fourth-order valence-corrected chi connectivity index (χ4v) is 1.24. The highest BCUT2D eigenvalue weighted by molar-refractivity contribution is 5.31. The van der Waals surface area contributed by atoms with E-state index in [-0.39, 0.29) is 5.41 Å². The molecule has 0 saturated carbocycles. The highest BCUT2D eigenvalue weighted by atomic mass is 16.5. The Morgan fingerprint density at radius 3 is 2.14 bits per heavy atom. The van der Waals surface area contributed by atoms with Crippen LogP contribution in [-0.4, -0.2) is 6.61 Å². The Labute approximate surface area is 87.1 Å². The third kappa shape index (κ3) is 3.06. The van der Waals surface area contributed by atoms with Gasteiger partial charge in [-0.1, -0.05) is 32.9 Å². The van der Waals surface area contributed by atoms with Gasteiger partial charge in [0.25, 0.3) is 0 Å². The van der Waals surface area contributed by atoms with Crippen LogP contribution in [-0.2, 0) is 5.41 Å². The normalized spacial score (nSPS) is 11.4. The monoisotopic (exact) mass is 191 g/mol. The van der Waals surface area contributed by atoms with Crippen LogP contribution >= 0.6 is 0 Å². The molecular formula is C13H19O. The minimum absolute atomic E-state index is 0.213. The van der Waals surface area contributed by atoms with E-state index in [9.17, 15) is 0 Å². The van der Waals surface area contributed by atoms with Gasteiger partial charge in [-0.25, -0.2) is 0 Å². The molecule has 0 atom stereocenters. The van der Waals surface area contributed by atoms with E-state index >= 15 is 0 Å². The first-order chi connectivity index (χ1) is 6.54. The molecule has 0 aromatic heterocycles. The molecule has 14 heavy (non-hydrogen) atoms. The predicted octanol–water partition coefficient (Wildman–Crippen LogP) is 3.59. The molecule has 1 radical (unpaired) electrons. The van der Waals surface area contributed by atoms with Gasteiger partial charge in [0.15, 0.2) is 0 Å². The summed E-state index contributed by atoms with van der Waals surface area (Å²) in [7, 11) is 0. The third-order valence-corrected chi connectivity index (χ3v) is 2.13. The second-order valence-corrected chi connectivity index (χ2v) is 4.48. The standard InChI is InChI=1S/C13H19O/c1-5-10-14-12-8-6-11(7-9-12)13(2,3)4/h6-9H,1,5,10H2,2-4H3. The van der Waals surface area contributed by atoms with Gasteiger partial charge in [-0.15, -0.1) is 0 Å². The van der Waals surface area contributed by atoms with Crippen LogP contribution in [0.2, 0.25) is 0 Å². The summed E-state index contributed by atoms with van der Waals surface area (Å²) in [6, 6.07) is 8.29. The van der Waals surface area contributed by atoms with Crippen molar-refractivity contribution in [1.29, 1.82) is 0 Å². The van der Waals surface area contributed by atoms with Crippen LogP contribution in [0.1, 0.15) is 32.8 Å². The van der Waals surface area contributed by atoms with E-state index in [1.807, 2.05) is 12.1 Å². The zero-order valence-corrected chi connectivity index (χ0v) is 9.34. The molecule has 1 aromatic carbocycles. The summed E-state index contributed by atoms with van der Waals surface area (Å²) in [5, 5.41) is 0. The first-order valence-corrected chi connectivity index (χ1v) is 5.06. The van der Waals surface area contributed by atoms with Crippen molar-refractivity contribution in [1.82, 2.24) is 0 Å². The second kappa shape index (κ2) is 4.50. The lowest BCUT2D eigenvalue weighted by molar-refractivity contribution is 0.324. The molecule has 0 aliphatic carbocycles. The fourth-order valence-electron chi connectivity index (χ4n) is 1.24. The Bertz CT molecular complexity index is 266. The average Bonchev–Trinajstić information content (AvgIpc) is 2.14. The van der Waals surface area contributed by atoms with Crippen LogP contribution in [0.4, 0.5) is 0 Å². The van der Waals surface area contributed by atoms with Crippen molar-refractivity contribution in [2.24, 2.45) is 0 Å². The van der Waals surface area contributed by atoms with Gasteiger partial charge in [-0.3, -0.25) is 0 Å². The van der Waals surface area contributed by atoms with Crippen molar-refractivity contribution in [2.45, 2.75) is 32.6 Å². The molecule has 1 nitrogen and oxygen atoms in total. The predicted molar refractivity (Wildman–Crippen MR) is 60.6 cm³/mol. The number of ether oxygens (including phenoxy) is 1. The lowest BCUT2D eigenvalue weighted by Crippen LogP contribution is -2.10. The lowest BCUT2D eigenvalue weighted by Gasteiger charge is -2.19. The molecule has 0 spiro atoms. The molecule has 0 N–H and O–H groups in total. The van der Waals surface area contributed by atoms with Gasteiger partial charge in [0.1, 0.15) is 5.75 Å². The number of hydrogen-bond acceptors (Lipinski definition) is 1. The van der Waals surface area contributed by atoms with E-state index in [0.29, 0.717) is 6.61 Å². The van der Waals surface area contributed by atoms with Gasteiger partial charge in [0, 0.05) is 0 Å². The van der Waals surface area contributed by atoms with Crippen molar-refractivity contribution < 1.29 is 4.74 Å². The van der Waals surface area contributed by atoms with Crippen LogP contribution in [0, 0.1) is 6.92 Å². The minimum atomic E-state index is 0.213. The van der Waals surface area contributed by atoms with Crippen LogP contribution in [0.3, 0.4) is 0 Å². The summed E-state index contributed by atoms with van der Waals surface area (Å²) in [5.74, 6) is 0.932. The van der Waals surface area contributed by atoms with E-state index in [4.69, 9.17) is 4.74 Å². The number of benzene rings is 1. The smallest absolute Gasteiger partial charge is 0.119 e. The fraction of sp³-hybridized carbons (Fsp3) is 0.462. The maximum Gasteiger partial charge on any atom is 0.119 e. The van der Waals surface area contributed by atoms with Crippen LogP contribution in [0.5, 0.6) is 5.75 Å². The molecule has 0 fully saturated rings. The summed E-state index contributed by atoms with van der Waals surface area (Å²) < 4.78 is 5.46. The molecular weight excluding hydrogens is 172 g/mol. The maximum absolute atomic E-state index is 5.46. The molecule has 1 aromatic rings. The van der Waals surface area contributed by atoms with Crippen molar-refractivity contribution >= 4 is 0 Å². The Kier molecular flexibility index (Phi) is 3.56. The molecule has 0 heterocycles. The molecule has 77 valence electrons. The molecule has 1 rings (SSSR count). The summed E-state index contributed by atoms with van der Waals surface area (Å²) in [6.45, 7) is 11.0. The van der Waals surface area contributed by atoms with Gasteiger partial charge in [-0.05, 0) is 36.5 Å². The molecule has 0 amide bonds. The number of hydrogen-bond donors (Lipinski definition) is 0. The topological polar surface area (TPSA) is 9.23 Å². The Hall–Kier alpha value is -0.980. The van der Waals surface area contributed by atoms with Crippen molar-refractivity contribution in [2.75, 3.05) is 6.61 Å². The second-order valence-electron chi connectivity index (χ2n) is 4.48. The molecule has 0 bridgehead atoms. The molecule has 0 aliphatic rings. The quantitative estimate of drug-likeness (QED) is 0.709. The molecule has 0 unspecified atom stereocenters. The SMILES string of the molecule is [CH2]CCOc1ccc(C(C)(C)C)cc1. The van der Waals surface area contributed by atoms with E-state index in [2.05, 4.69) is 39.8 Å². The highest BCUT2D eigenvalue weighted by Crippen LogP contribution is 2.24. The minimum Gasteiger partial charge on any atom is -0.494 e. The van der Waals surface area contributed by atoms with E-state index in [1.54, 1.807) is 0 Å². The first-order valence-electron chi connectivity index (χ1n) is 5.06. The van der Waals surface area contributed by atoms with E-state index < -0.39 is 0 Å². The van der Waals surface area contributed by atoms with Gasteiger partial charge in [-0.2, -0.15) is 0 Å². The molecule has 1 heteroatoms. The van der Waals surface area contributed by atoms with Crippen LogP contribution < -0.4 is 4.74 Å². The summed E-state index contributed by atoms with van der Waals surface area (Å²) >= 11 is 0. The van der Waals surface area contributed by atoms with Crippen molar-refractivity contribution in [3.63, 3.8) is 0 Å². The first kappa shape index (κ1) is 11.1. The van der Waals surface area contributed by atoms with Gasteiger partial charge >= 0.3 is 0 Å². The Morgan fingerprint density at radius 2 is 1.71 bits per heavy atom. The molecule has 0 aliphatic heterocycles. The zero-order valence-electron chi connectivity index (χ0n) is 9.34. The average molecular weight is 191 g/mol. The van der Waals surface area contributed by atoms with E-state index in [0.717, 1.165) is 12.2 Å². The Balaban J connectivity index is 2.69. The maximum atomic E-state index is 5.46. The number of rotatable bonds is 3. The van der Waals surface area contributed by atoms with E-state index in [1.165, 1.54) is 5.56 Å². The van der Waals surface area contributed by atoms with Crippen LogP contribution in [0.15, 0.2) is 24.3 Å². The van der Waals surface area contributed by atoms with Gasteiger partial charge in [0.05, 0.1) is 6.61 Å². The summed E-state index contributed by atoms with van der Waals surface area (Å²) in [6.07, 6.45) is 0.807. The van der Waals surface area contributed by atoms with Gasteiger partial charge < -0.3 is 4.74 Å². The Morgan fingerprint density at radius 1 is 1.14 bits per heavy atom. The molecule has 0 saturated heterocycles. The van der Waals surface area contributed by atoms with Crippen molar-refractivity contribution in [3.8, 4) is 5.75 Å². The summed E-state index contributed by atoms with van der Waals surface area (Å²) in [5.41, 5.74) is 1.55. The largest absolute Gasteiger partial charge is 0.494 e. The summed E-state index contributed by atoms with van der Waals surface area (Å²) in [4.78, 5) is 0. The van der Waals surface area contributed by atoms with Gasteiger partial charge in [0.2, 0.25) is 0 Å². The zero-order chi connectivity index (χ0) is 10.6. The lowest BCUT2D eigenvalue weighted by atomic mass is 9.87. The highest BCUT2D eigenvalue weighted by Gasteiger charge is 2.12. The third-order valence-electron chi connectivity index (χ3n) is 2.13. The van der Waals surface area contributed by atoms with Crippen LogP contribution in [0.25, 0.3) is 0 Å².